The highest BCUT2D eigenvalue weighted by Gasteiger charge is 2.15. The smallest absolute Gasteiger partial charge is 0.257 e. The van der Waals surface area contributed by atoms with E-state index in [2.05, 4.69) is 26.1 Å². The number of benzene rings is 3. The maximum absolute atomic E-state index is 12.2. The van der Waals surface area contributed by atoms with Gasteiger partial charge in [-0.25, -0.2) is 5.43 Å². The van der Waals surface area contributed by atoms with E-state index >= 15 is 0 Å². The summed E-state index contributed by atoms with van der Waals surface area (Å²) < 4.78 is 11.5. The average Bonchev–Trinajstić information content (AvgIpc) is 3.35. The van der Waals surface area contributed by atoms with Gasteiger partial charge in [-0.15, -0.1) is 0 Å². The van der Waals surface area contributed by atoms with Crippen LogP contribution >= 0.6 is 11.6 Å². The predicted octanol–water partition coefficient (Wildman–Crippen LogP) is 3.11. The Morgan fingerprint density at radius 1 is 1.02 bits per heavy atom. The highest BCUT2D eigenvalue weighted by atomic mass is 35.5. The number of carbonyl (C=O) groups excluding carboxylic acids is 2. The molecular weight excluding hydrogens is 534 g/mol. The van der Waals surface area contributed by atoms with E-state index in [0.29, 0.717) is 49.0 Å². The normalized spacial score (nSPS) is 14.1. The second-order valence-electron chi connectivity index (χ2n) is 9.40. The zero-order valence-electron chi connectivity index (χ0n) is 21.7. The standard InChI is InChI=1S/C29H30ClN5O5/c30-21-14-18(22-9-11-27(37)35-34-22)8-10-25(21)40-17-28(38)32-13-12-31-15-19(36)16-39-26-7-3-6-24-29(26)20-4-1-2-5-23(20)33-24/h1-8,10,14,19,31,33,36H,9,11-13,15-17H2,(H,32,38)(H,35,37). The van der Waals surface area contributed by atoms with Crippen LogP contribution < -0.4 is 25.5 Å². The number of fused-ring (bicyclic) bond motifs is 3. The number of aliphatic hydroxyl groups is 1. The number of hydrazone groups is 1. The molecule has 2 amide bonds. The molecule has 11 heteroatoms. The summed E-state index contributed by atoms with van der Waals surface area (Å²) in [6.45, 7) is 1.09. The monoisotopic (exact) mass is 563 g/mol. The van der Waals surface area contributed by atoms with Crippen LogP contribution in [0.25, 0.3) is 21.8 Å². The van der Waals surface area contributed by atoms with E-state index in [-0.39, 0.29) is 25.0 Å². The van der Waals surface area contributed by atoms with Crippen molar-refractivity contribution < 1.29 is 24.2 Å². The quantitative estimate of drug-likeness (QED) is 0.168. The van der Waals surface area contributed by atoms with Crippen LogP contribution in [0.5, 0.6) is 11.5 Å². The summed E-state index contributed by atoms with van der Waals surface area (Å²) in [5, 5.41) is 22.7. The number of aliphatic hydroxyl groups excluding tert-OH is 1. The molecule has 10 nitrogen and oxygen atoms in total. The molecule has 2 heterocycles. The van der Waals surface area contributed by atoms with Gasteiger partial charge < -0.3 is 30.2 Å². The number of H-pyrrole nitrogens is 1. The third-order valence-electron chi connectivity index (χ3n) is 6.46. The number of hydrogen-bond donors (Lipinski definition) is 5. The lowest BCUT2D eigenvalue weighted by Crippen LogP contribution is -2.38. The van der Waals surface area contributed by atoms with Gasteiger partial charge in [-0.2, -0.15) is 5.10 Å². The summed E-state index contributed by atoms with van der Waals surface area (Å²) in [7, 11) is 0. The van der Waals surface area contributed by atoms with E-state index in [0.717, 1.165) is 33.1 Å². The molecular formula is C29H30ClN5O5. The molecule has 0 radical (unpaired) electrons. The minimum atomic E-state index is -0.722. The Kier molecular flexibility index (Phi) is 8.80. The summed E-state index contributed by atoms with van der Waals surface area (Å²) >= 11 is 6.30. The van der Waals surface area contributed by atoms with Gasteiger partial charge in [-0.05, 0) is 42.0 Å². The molecule has 3 aromatic carbocycles. The first-order chi connectivity index (χ1) is 19.5. The van der Waals surface area contributed by atoms with Gasteiger partial charge in [0.25, 0.3) is 5.91 Å². The van der Waals surface area contributed by atoms with Crippen LogP contribution in [0.2, 0.25) is 5.02 Å². The van der Waals surface area contributed by atoms with Gasteiger partial charge in [0.1, 0.15) is 24.2 Å². The van der Waals surface area contributed by atoms with Crippen LogP contribution in [-0.4, -0.2) is 66.6 Å². The van der Waals surface area contributed by atoms with E-state index in [4.69, 9.17) is 21.1 Å². The first-order valence-corrected chi connectivity index (χ1v) is 13.4. The molecule has 1 aliphatic rings. The molecule has 208 valence electrons. The summed E-state index contributed by atoms with van der Waals surface area (Å²) in [5.74, 6) is 0.687. The van der Waals surface area contributed by atoms with Gasteiger partial charge >= 0.3 is 0 Å². The molecule has 1 aliphatic heterocycles. The first-order valence-electron chi connectivity index (χ1n) is 13.0. The molecule has 0 spiro atoms. The fourth-order valence-corrected chi connectivity index (χ4v) is 4.70. The number of ether oxygens (including phenoxy) is 2. The minimum Gasteiger partial charge on any atom is -0.490 e. The Balaban J connectivity index is 0.995. The van der Waals surface area contributed by atoms with Crippen molar-refractivity contribution in [1.29, 1.82) is 0 Å². The largest absolute Gasteiger partial charge is 0.490 e. The number of rotatable bonds is 12. The van der Waals surface area contributed by atoms with Gasteiger partial charge in [0.15, 0.2) is 6.61 Å². The van der Waals surface area contributed by atoms with Crippen LogP contribution in [0.3, 0.4) is 0 Å². The van der Waals surface area contributed by atoms with Crippen LogP contribution in [0.1, 0.15) is 18.4 Å². The number of amides is 2. The Hall–Kier alpha value is -4.12. The van der Waals surface area contributed by atoms with Crippen molar-refractivity contribution in [2.45, 2.75) is 18.9 Å². The van der Waals surface area contributed by atoms with Crippen LogP contribution in [-0.2, 0) is 9.59 Å². The van der Waals surface area contributed by atoms with Crippen molar-refractivity contribution in [3.63, 3.8) is 0 Å². The maximum atomic E-state index is 12.2. The van der Waals surface area contributed by atoms with Gasteiger partial charge in [0.2, 0.25) is 5.91 Å². The number of para-hydroxylation sites is 1. The summed E-state index contributed by atoms with van der Waals surface area (Å²) in [5.41, 5.74) is 6.00. The highest BCUT2D eigenvalue weighted by Crippen LogP contribution is 2.33. The number of hydrogen-bond acceptors (Lipinski definition) is 7. The average molecular weight is 564 g/mol. The van der Waals surface area contributed by atoms with Crippen LogP contribution in [0.4, 0.5) is 0 Å². The van der Waals surface area contributed by atoms with Crippen molar-refractivity contribution >= 4 is 50.9 Å². The lowest BCUT2D eigenvalue weighted by atomic mass is 10.0. The van der Waals surface area contributed by atoms with Crippen LogP contribution in [0, 0.1) is 0 Å². The van der Waals surface area contributed by atoms with Crippen molar-refractivity contribution in [1.82, 2.24) is 21.0 Å². The third-order valence-corrected chi connectivity index (χ3v) is 6.75. The maximum Gasteiger partial charge on any atom is 0.257 e. The molecule has 40 heavy (non-hydrogen) atoms. The van der Waals surface area contributed by atoms with E-state index in [1.54, 1.807) is 18.2 Å². The molecule has 0 bridgehead atoms. The van der Waals surface area contributed by atoms with E-state index in [9.17, 15) is 14.7 Å². The van der Waals surface area contributed by atoms with Crippen molar-refractivity contribution in [2.24, 2.45) is 5.10 Å². The summed E-state index contributed by atoms with van der Waals surface area (Å²) in [6, 6.07) is 19.0. The van der Waals surface area contributed by atoms with Crippen molar-refractivity contribution in [2.75, 3.05) is 32.8 Å². The Labute approximate surface area is 235 Å². The topological polar surface area (TPSA) is 137 Å². The molecule has 0 aliphatic carbocycles. The minimum absolute atomic E-state index is 0.114. The summed E-state index contributed by atoms with van der Waals surface area (Å²) in [6.07, 6.45) is 0.184. The molecule has 0 saturated carbocycles. The number of aromatic amines is 1. The van der Waals surface area contributed by atoms with Crippen LogP contribution in [0.15, 0.2) is 65.8 Å². The number of halogens is 1. The molecule has 0 saturated heterocycles. The lowest BCUT2D eigenvalue weighted by Gasteiger charge is -2.15. The molecule has 5 rings (SSSR count). The zero-order chi connectivity index (χ0) is 27.9. The Morgan fingerprint density at radius 3 is 2.70 bits per heavy atom. The van der Waals surface area contributed by atoms with Crippen molar-refractivity contribution in [3.8, 4) is 11.5 Å². The predicted molar refractivity (Wildman–Crippen MR) is 154 cm³/mol. The fraction of sp³-hybridized carbons (Fsp3) is 0.276. The molecule has 4 aromatic rings. The molecule has 1 aromatic heterocycles. The van der Waals surface area contributed by atoms with E-state index in [1.165, 1.54) is 0 Å². The Morgan fingerprint density at radius 2 is 1.88 bits per heavy atom. The van der Waals surface area contributed by atoms with Gasteiger partial charge in [0, 0.05) is 48.8 Å². The number of carbonyl (C=O) groups is 2. The van der Waals surface area contributed by atoms with E-state index < -0.39 is 6.10 Å². The molecule has 1 unspecified atom stereocenters. The molecule has 0 fully saturated rings. The number of nitrogens with zero attached hydrogens (tertiary/aromatic N) is 1. The first kappa shape index (κ1) is 27.4. The fourth-order valence-electron chi connectivity index (χ4n) is 4.47. The SMILES string of the molecule is O=C(COc1ccc(C2=NNC(=O)CC2)cc1Cl)NCCNCC(O)COc1cccc2[nH]c3ccccc3c12. The van der Waals surface area contributed by atoms with Gasteiger partial charge in [-0.3, -0.25) is 9.59 Å². The van der Waals surface area contributed by atoms with Gasteiger partial charge in [0.05, 0.1) is 16.3 Å². The molecule has 1 atom stereocenters. The van der Waals surface area contributed by atoms with Gasteiger partial charge in [-0.1, -0.05) is 35.9 Å². The summed E-state index contributed by atoms with van der Waals surface area (Å²) in [4.78, 5) is 26.8. The Bertz CT molecular complexity index is 1550. The second kappa shape index (κ2) is 12.8. The third kappa shape index (κ3) is 6.71. The van der Waals surface area contributed by atoms with Crippen molar-refractivity contribution in [3.05, 3.63) is 71.2 Å². The zero-order valence-corrected chi connectivity index (χ0v) is 22.5. The number of nitrogens with one attached hydrogen (secondary N) is 4. The highest BCUT2D eigenvalue weighted by molar-refractivity contribution is 6.32. The molecule has 5 N–H and O–H groups in total. The number of aromatic nitrogens is 1. The lowest BCUT2D eigenvalue weighted by molar-refractivity contribution is -0.123. The van der Waals surface area contributed by atoms with E-state index in [1.807, 2.05) is 42.5 Å². The second-order valence-corrected chi connectivity index (χ2v) is 9.80.